The number of aliphatic hydroxyl groups excluding tert-OH is 1. The number of rotatable bonds is 8. The molecule has 0 aliphatic carbocycles. The average Bonchev–Trinajstić information content (AvgIpc) is 2.39. The third-order valence-corrected chi connectivity index (χ3v) is 2.84. The Hall–Kier alpha value is -1.36. The molecule has 0 aromatic carbocycles. The van der Waals surface area contributed by atoms with Crippen molar-refractivity contribution in [3.05, 3.63) is 11.9 Å². The Morgan fingerprint density at radius 3 is 2.50 bits per heavy atom. The van der Waals surface area contributed by atoms with Crippen molar-refractivity contribution in [1.29, 1.82) is 0 Å². The van der Waals surface area contributed by atoms with Gasteiger partial charge in [-0.05, 0) is 19.8 Å². The zero-order valence-electron chi connectivity index (χ0n) is 11.5. The van der Waals surface area contributed by atoms with Crippen molar-refractivity contribution in [1.82, 2.24) is 9.97 Å². The molecule has 0 aliphatic rings. The first-order chi connectivity index (χ1) is 8.76. The number of hydrogen-bond donors (Lipinski definition) is 3. The van der Waals surface area contributed by atoms with Gasteiger partial charge in [0, 0.05) is 12.1 Å². The smallest absolute Gasteiger partial charge is 0.135 e. The molecular weight excluding hydrogens is 228 g/mol. The van der Waals surface area contributed by atoms with E-state index < -0.39 is 0 Å². The Kier molecular flexibility index (Phi) is 6.43. The summed E-state index contributed by atoms with van der Waals surface area (Å²) in [6.07, 6.45) is 4.38. The monoisotopic (exact) mass is 252 g/mol. The number of nitrogens with one attached hydrogen (secondary N) is 2. The lowest BCUT2D eigenvalue weighted by Crippen LogP contribution is -2.24. The molecule has 0 aliphatic heterocycles. The van der Waals surface area contributed by atoms with E-state index in [0.717, 1.165) is 43.0 Å². The van der Waals surface area contributed by atoms with E-state index in [0.29, 0.717) is 0 Å². The van der Waals surface area contributed by atoms with Crippen molar-refractivity contribution in [2.45, 2.75) is 46.1 Å². The predicted molar refractivity (Wildman–Crippen MR) is 75.0 cm³/mol. The summed E-state index contributed by atoms with van der Waals surface area (Å²) in [6, 6.07) is 0.0463. The molecular formula is C13H24N4O. The van der Waals surface area contributed by atoms with E-state index in [1.54, 1.807) is 6.33 Å². The van der Waals surface area contributed by atoms with Crippen LogP contribution in [0.25, 0.3) is 0 Å². The van der Waals surface area contributed by atoms with Crippen molar-refractivity contribution >= 4 is 11.6 Å². The van der Waals surface area contributed by atoms with Crippen molar-refractivity contribution in [2.75, 3.05) is 23.8 Å². The van der Waals surface area contributed by atoms with E-state index in [1.807, 2.05) is 13.8 Å². The first-order valence-corrected chi connectivity index (χ1v) is 6.71. The van der Waals surface area contributed by atoms with Crippen LogP contribution in [0.15, 0.2) is 6.33 Å². The number of anilines is 2. The second kappa shape index (κ2) is 7.87. The molecule has 0 fully saturated rings. The third kappa shape index (κ3) is 3.84. The van der Waals surface area contributed by atoms with Gasteiger partial charge in [0.1, 0.15) is 18.0 Å². The lowest BCUT2D eigenvalue weighted by Gasteiger charge is -2.19. The van der Waals surface area contributed by atoms with E-state index in [2.05, 4.69) is 27.5 Å². The molecule has 1 aromatic rings. The van der Waals surface area contributed by atoms with Gasteiger partial charge in [-0.25, -0.2) is 9.97 Å². The second-order valence-electron chi connectivity index (χ2n) is 4.26. The van der Waals surface area contributed by atoms with Crippen LogP contribution in [-0.4, -0.2) is 34.3 Å². The fourth-order valence-electron chi connectivity index (χ4n) is 1.81. The van der Waals surface area contributed by atoms with Gasteiger partial charge in [0.25, 0.3) is 0 Å². The lowest BCUT2D eigenvalue weighted by molar-refractivity contribution is 0.271. The molecule has 0 saturated carbocycles. The Labute approximate surface area is 109 Å². The molecule has 5 heteroatoms. The summed E-state index contributed by atoms with van der Waals surface area (Å²) >= 11 is 0. The molecule has 5 nitrogen and oxygen atoms in total. The van der Waals surface area contributed by atoms with Crippen LogP contribution in [0.3, 0.4) is 0 Å². The predicted octanol–water partition coefficient (Wildman–Crippen LogP) is 2.04. The number of aliphatic hydroxyl groups is 1. The molecule has 0 bridgehead atoms. The van der Waals surface area contributed by atoms with Crippen molar-refractivity contribution in [2.24, 2.45) is 0 Å². The van der Waals surface area contributed by atoms with E-state index in [9.17, 15) is 5.11 Å². The second-order valence-corrected chi connectivity index (χ2v) is 4.26. The molecule has 0 spiro atoms. The SMILES string of the molecule is CCCc1c(NCC)ncnc1NC(CC)CO. The van der Waals surface area contributed by atoms with E-state index in [-0.39, 0.29) is 12.6 Å². The fraction of sp³-hybridized carbons (Fsp3) is 0.692. The molecule has 18 heavy (non-hydrogen) atoms. The summed E-state index contributed by atoms with van der Waals surface area (Å²) in [5, 5.41) is 15.8. The van der Waals surface area contributed by atoms with Gasteiger partial charge in [-0.15, -0.1) is 0 Å². The molecule has 0 radical (unpaired) electrons. The van der Waals surface area contributed by atoms with Crippen molar-refractivity contribution in [3.8, 4) is 0 Å². The maximum absolute atomic E-state index is 9.26. The molecule has 3 N–H and O–H groups in total. The highest BCUT2D eigenvalue weighted by Crippen LogP contribution is 2.22. The minimum absolute atomic E-state index is 0.0463. The van der Waals surface area contributed by atoms with Crippen LogP contribution in [0.1, 0.15) is 39.2 Å². The highest BCUT2D eigenvalue weighted by Gasteiger charge is 2.13. The third-order valence-electron chi connectivity index (χ3n) is 2.84. The van der Waals surface area contributed by atoms with Crippen LogP contribution < -0.4 is 10.6 Å². The normalized spacial score (nSPS) is 12.2. The molecule has 1 unspecified atom stereocenters. The topological polar surface area (TPSA) is 70.1 Å². The van der Waals surface area contributed by atoms with Gasteiger partial charge in [-0.3, -0.25) is 0 Å². The van der Waals surface area contributed by atoms with Gasteiger partial charge in [-0.2, -0.15) is 0 Å². The number of aromatic nitrogens is 2. The molecule has 0 saturated heterocycles. The van der Waals surface area contributed by atoms with E-state index in [1.165, 1.54) is 0 Å². The highest BCUT2D eigenvalue weighted by atomic mass is 16.3. The maximum Gasteiger partial charge on any atom is 0.135 e. The molecule has 1 atom stereocenters. The summed E-state index contributed by atoms with van der Waals surface area (Å²) in [4.78, 5) is 8.58. The highest BCUT2D eigenvalue weighted by molar-refractivity contribution is 5.57. The standard InChI is InChI=1S/C13H24N4O/c1-4-7-11-12(14-6-3)15-9-16-13(11)17-10(5-2)8-18/h9-10,18H,4-8H2,1-3H3,(H2,14,15,16,17). The Bertz CT molecular complexity index is 353. The first-order valence-electron chi connectivity index (χ1n) is 6.71. The largest absolute Gasteiger partial charge is 0.394 e. The maximum atomic E-state index is 9.26. The van der Waals surface area contributed by atoms with Gasteiger partial charge < -0.3 is 15.7 Å². The first kappa shape index (κ1) is 14.7. The quantitative estimate of drug-likeness (QED) is 0.660. The zero-order valence-corrected chi connectivity index (χ0v) is 11.5. The van der Waals surface area contributed by atoms with Crippen LogP contribution in [0, 0.1) is 0 Å². The minimum atomic E-state index is 0.0463. The fourth-order valence-corrected chi connectivity index (χ4v) is 1.81. The summed E-state index contributed by atoms with van der Waals surface area (Å²) in [7, 11) is 0. The van der Waals surface area contributed by atoms with Crippen molar-refractivity contribution < 1.29 is 5.11 Å². The molecule has 102 valence electrons. The average molecular weight is 252 g/mol. The van der Waals surface area contributed by atoms with Crippen LogP contribution in [0.2, 0.25) is 0 Å². The zero-order chi connectivity index (χ0) is 13.4. The minimum Gasteiger partial charge on any atom is -0.394 e. The van der Waals surface area contributed by atoms with E-state index in [4.69, 9.17) is 0 Å². The van der Waals surface area contributed by atoms with Crippen LogP contribution in [0.5, 0.6) is 0 Å². The van der Waals surface area contributed by atoms with Gasteiger partial charge in [0.2, 0.25) is 0 Å². The molecule has 1 heterocycles. The van der Waals surface area contributed by atoms with Crippen LogP contribution in [0.4, 0.5) is 11.6 Å². The summed E-state index contributed by atoms with van der Waals surface area (Å²) in [6.45, 7) is 7.18. The molecule has 1 rings (SSSR count). The van der Waals surface area contributed by atoms with Gasteiger partial charge >= 0.3 is 0 Å². The Morgan fingerprint density at radius 1 is 1.22 bits per heavy atom. The van der Waals surface area contributed by atoms with Gasteiger partial charge in [-0.1, -0.05) is 20.3 Å². The van der Waals surface area contributed by atoms with Gasteiger partial charge in [0.05, 0.1) is 12.6 Å². The summed E-state index contributed by atoms with van der Waals surface area (Å²) in [5.74, 6) is 1.73. The number of nitrogens with zero attached hydrogens (tertiary/aromatic N) is 2. The Morgan fingerprint density at radius 2 is 1.94 bits per heavy atom. The molecule has 0 amide bonds. The molecule has 1 aromatic heterocycles. The summed E-state index contributed by atoms with van der Waals surface area (Å²) < 4.78 is 0. The summed E-state index contributed by atoms with van der Waals surface area (Å²) in [5.41, 5.74) is 1.11. The number of hydrogen-bond acceptors (Lipinski definition) is 5. The lowest BCUT2D eigenvalue weighted by atomic mass is 10.1. The van der Waals surface area contributed by atoms with Crippen LogP contribution in [-0.2, 0) is 6.42 Å². The van der Waals surface area contributed by atoms with Crippen molar-refractivity contribution in [3.63, 3.8) is 0 Å². The van der Waals surface area contributed by atoms with E-state index >= 15 is 0 Å². The Balaban J connectivity index is 2.97. The van der Waals surface area contributed by atoms with Gasteiger partial charge in [0.15, 0.2) is 0 Å². The van der Waals surface area contributed by atoms with Crippen LogP contribution >= 0.6 is 0 Å².